The summed E-state index contributed by atoms with van der Waals surface area (Å²) in [7, 11) is 0. The number of fused-ring (bicyclic) bond motifs is 1. The number of halogens is 1. The smallest absolute Gasteiger partial charge is 0.327 e. The van der Waals surface area contributed by atoms with Gasteiger partial charge in [-0.1, -0.05) is 0 Å². The molecule has 6 heteroatoms. The lowest BCUT2D eigenvalue weighted by Gasteiger charge is -2.01. The Morgan fingerprint density at radius 3 is 3.07 bits per heavy atom. The van der Waals surface area contributed by atoms with Crippen LogP contribution in [0.15, 0.2) is 15.3 Å². The molecule has 0 unspecified atom stereocenters. The third-order valence-electron chi connectivity index (χ3n) is 2.20. The van der Waals surface area contributed by atoms with Crippen molar-refractivity contribution in [1.29, 1.82) is 0 Å². The van der Waals surface area contributed by atoms with E-state index in [0.717, 1.165) is 10.2 Å². The first-order valence-electron chi connectivity index (χ1n) is 4.50. The Balaban J connectivity index is 2.76. The number of H-pyrrole nitrogens is 1. The molecule has 0 saturated carbocycles. The molecular weight excluding hydrogens is 262 g/mol. The lowest BCUT2D eigenvalue weighted by molar-refractivity contribution is 0.276. The van der Waals surface area contributed by atoms with E-state index in [9.17, 15) is 4.79 Å². The summed E-state index contributed by atoms with van der Waals surface area (Å²) in [5.74, 6) is 0. The van der Waals surface area contributed by atoms with E-state index in [4.69, 9.17) is 5.11 Å². The van der Waals surface area contributed by atoms with Crippen molar-refractivity contribution in [3.63, 3.8) is 0 Å². The van der Waals surface area contributed by atoms with Gasteiger partial charge in [-0.05, 0) is 28.9 Å². The third-order valence-corrected chi connectivity index (χ3v) is 3.00. The number of aliphatic hydroxyl groups excluding tert-OH is 1. The number of aromatic nitrogens is 3. The highest BCUT2D eigenvalue weighted by molar-refractivity contribution is 9.10. The first-order valence-corrected chi connectivity index (χ1v) is 5.29. The summed E-state index contributed by atoms with van der Waals surface area (Å²) in [6.45, 7) is 2.03. The van der Waals surface area contributed by atoms with Gasteiger partial charge in [0.25, 0.3) is 0 Å². The van der Waals surface area contributed by atoms with E-state index in [2.05, 4.69) is 25.9 Å². The van der Waals surface area contributed by atoms with E-state index in [0.29, 0.717) is 11.2 Å². The standard InChI is InChI=1S/C9H10BrN3O2/c1-5-6(10)4-7-8(11-5)13(2-3-14)9(15)12-7/h4,14H,2-3H2,1H3,(H,12,15). The minimum Gasteiger partial charge on any atom is -0.395 e. The maximum atomic E-state index is 11.5. The minimum absolute atomic E-state index is 0.0797. The van der Waals surface area contributed by atoms with Crippen molar-refractivity contribution < 1.29 is 5.11 Å². The van der Waals surface area contributed by atoms with E-state index >= 15 is 0 Å². The molecule has 0 amide bonds. The highest BCUT2D eigenvalue weighted by Crippen LogP contribution is 2.18. The molecule has 0 aliphatic carbocycles. The van der Waals surface area contributed by atoms with Gasteiger partial charge in [-0.3, -0.25) is 4.57 Å². The van der Waals surface area contributed by atoms with Crippen molar-refractivity contribution >= 4 is 27.1 Å². The Bertz CT molecular complexity index is 558. The van der Waals surface area contributed by atoms with Crippen LogP contribution in [0.1, 0.15) is 5.69 Å². The largest absolute Gasteiger partial charge is 0.395 e. The quantitative estimate of drug-likeness (QED) is 0.849. The summed E-state index contributed by atoms with van der Waals surface area (Å²) in [6.07, 6.45) is 0. The topological polar surface area (TPSA) is 70.9 Å². The Morgan fingerprint density at radius 2 is 2.40 bits per heavy atom. The second kappa shape index (κ2) is 3.79. The fraction of sp³-hybridized carbons (Fsp3) is 0.333. The van der Waals surface area contributed by atoms with E-state index in [1.54, 1.807) is 0 Å². The lowest BCUT2D eigenvalue weighted by atomic mass is 10.3. The predicted octanol–water partition coefficient (Wildman–Crippen LogP) is 0.788. The first kappa shape index (κ1) is 10.4. The van der Waals surface area contributed by atoms with Gasteiger partial charge in [0, 0.05) is 4.47 Å². The van der Waals surface area contributed by atoms with E-state index < -0.39 is 0 Å². The highest BCUT2D eigenvalue weighted by Gasteiger charge is 2.09. The maximum absolute atomic E-state index is 11.5. The van der Waals surface area contributed by atoms with Gasteiger partial charge in [-0.15, -0.1) is 0 Å². The Labute approximate surface area is 93.9 Å². The molecule has 2 aromatic rings. The number of imidazole rings is 1. The third kappa shape index (κ3) is 1.70. The van der Waals surface area contributed by atoms with Crippen molar-refractivity contribution in [2.75, 3.05) is 6.61 Å². The van der Waals surface area contributed by atoms with Crippen LogP contribution in [0.5, 0.6) is 0 Å². The number of pyridine rings is 1. The molecule has 5 nitrogen and oxygen atoms in total. The van der Waals surface area contributed by atoms with Crippen LogP contribution in [0.4, 0.5) is 0 Å². The van der Waals surface area contributed by atoms with Crippen molar-refractivity contribution in [3.05, 3.63) is 26.7 Å². The van der Waals surface area contributed by atoms with Gasteiger partial charge in [-0.2, -0.15) is 0 Å². The van der Waals surface area contributed by atoms with E-state index in [1.807, 2.05) is 13.0 Å². The lowest BCUT2D eigenvalue weighted by Crippen LogP contribution is -2.18. The zero-order chi connectivity index (χ0) is 11.0. The van der Waals surface area contributed by atoms with Gasteiger partial charge in [0.05, 0.1) is 24.4 Å². The normalized spacial score (nSPS) is 11.1. The number of aliphatic hydroxyl groups is 1. The Hall–Kier alpha value is -1.14. The molecule has 0 bridgehead atoms. The molecule has 0 atom stereocenters. The molecule has 2 rings (SSSR count). The van der Waals surface area contributed by atoms with Crippen LogP contribution in [-0.2, 0) is 6.54 Å². The summed E-state index contributed by atoms with van der Waals surface area (Å²) in [6, 6.07) is 1.81. The van der Waals surface area contributed by atoms with E-state index in [-0.39, 0.29) is 18.8 Å². The van der Waals surface area contributed by atoms with Gasteiger partial charge in [-0.25, -0.2) is 9.78 Å². The van der Waals surface area contributed by atoms with Crippen LogP contribution in [0.2, 0.25) is 0 Å². The second-order valence-electron chi connectivity index (χ2n) is 3.23. The van der Waals surface area contributed by atoms with Gasteiger partial charge in [0.1, 0.15) is 0 Å². The molecule has 2 aromatic heterocycles. The van der Waals surface area contributed by atoms with Crippen molar-refractivity contribution in [1.82, 2.24) is 14.5 Å². The van der Waals surface area contributed by atoms with Crippen molar-refractivity contribution in [3.8, 4) is 0 Å². The molecule has 0 spiro atoms. The summed E-state index contributed by atoms with van der Waals surface area (Å²) in [5.41, 5.74) is 1.82. The molecule has 15 heavy (non-hydrogen) atoms. The van der Waals surface area contributed by atoms with Crippen LogP contribution >= 0.6 is 15.9 Å². The SMILES string of the molecule is Cc1nc2c(cc1Br)[nH]c(=O)n2CCO. The summed E-state index contributed by atoms with van der Waals surface area (Å²) in [4.78, 5) is 18.5. The maximum Gasteiger partial charge on any atom is 0.327 e. The van der Waals surface area contributed by atoms with Gasteiger partial charge < -0.3 is 10.1 Å². The van der Waals surface area contributed by atoms with Crippen LogP contribution in [0.3, 0.4) is 0 Å². The van der Waals surface area contributed by atoms with Crippen LogP contribution in [0.25, 0.3) is 11.2 Å². The number of hydrogen-bond donors (Lipinski definition) is 2. The molecule has 0 fully saturated rings. The molecule has 0 saturated heterocycles. The molecule has 0 aliphatic rings. The average Bonchev–Trinajstić information content (AvgIpc) is 2.46. The second-order valence-corrected chi connectivity index (χ2v) is 4.09. The van der Waals surface area contributed by atoms with Crippen molar-refractivity contribution in [2.24, 2.45) is 0 Å². The Morgan fingerprint density at radius 1 is 1.67 bits per heavy atom. The molecule has 0 aliphatic heterocycles. The summed E-state index contributed by atoms with van der Waals surface area (Å²) >= 11 is 3.35. The van der Waals surface area contributed by atoms with Crippen LogP contribution < -0.4 is 5.69 Å². The molecule has 0 radical (unpaired) electrons. The summed E-state index contributed by atoms with van der Waals surface area (Å²) < 4.78 is 2.28. The zero-order valence-corrected chi connectivity index (χ0v) is 9.71. The number of nitrogens with zero attached hydrogens (tertiary/aromatic N) is 2. The number of nitrogens with one attached hydrogen (secondary N) is 1. The minimum atomic E-state index is -0.246. The number of hydrogen-bond acceptors (Lipinski definition) is 3. The molecule has 2 N–H and O–H groups in total. The molecular formula is C9H10BrN3O2. The van der Waals surface area contributed by atoms with Crippen LogP contribution in [-0.4, -0.2) is 26.2 Å². The Kier molecular flexibility index (Phi) is 2.62. The number of aromatic amines is 1. The first-order chi connectivity index (χ1) is 7.13. The number of aryl methyl sites for hydroxylation is 1. The van der Waals surface area contributed by atoms with Crippen molar-refractivity contribution in [2.45, 2.75) is 13.5 Å². The average molecular weight is 272 g/mol. The molecule has 0 aromatic carbocycles. The zero-order valence-electron chi connectivity index (χ0n) is 8.12. The monoisotopic (exact) mass is 271 g/mol. The summed E-state index contributed by atoms with van der Waals surface area (Å²) in [5, 5.41) is 8.84. The predicted molar refractivity (Wildman–Crippen MR) is 59.9 cm³/mol. The van der Waals surface area contributed by atoms with E-state index in [1.165, 1.54) is 4.57 Å². The van der Waals surface area contributed by atoms with Gasteiger partial charge >= 0.3 is 5.69 Å². The molecule has 80 valence electrons. The highest BCUT2D eigenvalue weighted by atomic mass is 79.9. The fourth-order valence-electron chi connectivity index (χ4n) is 1.45. The van der Waals surface area contributed by atoms with Gasteiger partial charge in [0.2, 0.25) is 0 Å². The number of rotatable bonds is 2. The van der Waals surface area contributed by atoms with Crippen LogP contribution in [0, 0.1) is 6.92 Å². The van der Waals surface area contributed by atoms with Gasteiger partial charge in [0.15, 0.2) is 5.65 Å². The molecule has 2 heterocycles. The fourth-order valence-corrected chi connectivity index (χ4v) is 1.77.